The van der Waals surface area contributed by atoms with Crippen LogP contribution in [0, 0.1) is 0 Å². The van der Waals surface area contributed by atoms with Crippen molar-refractivity contribution in [3.05, 3.63) is 61.1 Å². The maximum Gasteiger partial charge on any atom is 0.329 e. The van der Waals surface area contributed by atoms with Gasteiger partial charge in [0.2, 0.25) is 0 Å². The Hall–Kier alpha value is -3.08. The van der Waals surface area contributed by atoms with Gasteiger partial charge in [-0.1, -0.05) is 49.6 Å². The van der Waals surface area contributed by atoms with Gasteiger partial charge >= 0.3 is 6.03 Å². The van der Waals surface area contributed by atoms with Crippen LogP contribution in [-0.4, -0.2) is 40.7 Å². The molecule has 1 fully saturated rings. The van der Waals surface area contributed by atoms with Gasteiger partial charge in [0.15, 0.2) is 0 Å². The van der Waals surface area contributed by atoms with Crippen molar-refractivity contribution >= 4 is 6.03 Å². The molecule has 0 atom stereocenters. The maximum absolute atomic E-state index is 12.9. The molecule has 0 N–H and O–H groups in total. The van der Waals surface area contributed by atoms with E-state index in [1.165, 1.54) is 19.3 Å². The number of benzene rings is 2. The van der Waals surface area contributed by atoms with Crippen molar-refractivity contribution in [1.29, 1.82) is 0 Å². The van der Waals surface area contributed by atoms with Gasteiger partial charge in [-0.2, -0.15) is 0 Å². The first-order valence-electron chi connectivity index (χ1n) is 10.2. The molecule has 29 heavy (non-hydrogen) atoms. The summed E-state index contributed by atoms with van der Waals surface area (Å²) in [6, 6.07) is 16.5. The number of nitrogens with zero attached hydrogens (tertiary/aromatic N) is 3. The number of carbonyl (C=O) groups excluding carboxylic acids is 1. The fourth-order valence-corrected chi connectivity index (χ4v) is 4.04. The highest BCUT2D eigenvalue weighted by atomic mass is 16.5. The van der Waals surface area contributed by atoms with Gasteiger partial charge in [0.1, 0.15) is 12.1 Å². The first-order chi connectivity index (χ1) is 14.2. The van der Waals surface area contributed by atoms with Crippen LogP contribution in [0.2, 0.25) is 0 Å². The lowest BCUT2D eigenvalue weighted by molar-refractivity contribution is 0.175. The zero-order valence-electron chi connectivity index (χ0n) is 17.0. The van der Waals surface area contributed by atoms with Crippen molar-refractivity contribution in [1.82, 2.24) is 14.5 Å². The molecule has 1 saturated carbocycles. The standard InChI is InChI=1S/C24H27N3O2/c1-26(21-11-4-3-5-12-21)24(28)27-16-23(25-17-27)20-10-6-8-18(14-20)19-9-7-13-22(15-19)29-2/h6-10,13-17,21H,3-5,11-12H2,1-2H3. The molecule has 0 aliphatic heterocycles. The van der Waals surface area contributed by atoms with Crippen LogP contribution in [0.25, 0.3) is 22.4 Å². The highest BCUT2D eigenvalue weighted by Crippen LogP contribution is 2.28. The molecule has 150 valence electrons. The monoisotopic (exact) mass is 389 g/mol. The van der Waals surface area contributed by atoms with Crippen molar-refractivity contribution in [2.45, 2.75) is 38.1 Å². The largest absolute Gasteiger partial charge is 0.497 e. The molecule has 3 aromatic rings. The summed E-state index contributed by atoms with van der Waals surface area (Å²) in [4.78, 5) is 19.2. The van der Waals surface area contributed by atoms with E-state index in [0.29, 0.717) is 6.04 Å². The maximum atomic E-state index is 12.9. The third kappa shape index (κ3) is 4.19. The number of rotatable bonds is 4. The van der Waals surface area contributed by atoms with E-state index in [-0.39, 0.29) is 6.03 Å². The van der Waals surface area contributed by atoms with E-state index in [4.69, 9.17) is 4.74 Å². The first-order valence-corrected chi connectivity index (χ1v) is 10.2. The Morgan fingerprint density at radius 1 is 1.03 bits per heavy atom. The van der Waals surface area contributed by atoms with Crippen molar-refractivity contribution in [2.75, 3.05) is 14.2 Å². The quantitative estimate of drug-likeness (QED) is 0.595. The minimum absolute atomic E-state index is 0.0143. The Morgan fingerprint density at radius 2 is 1.72 bits per heavy atom. The summed E-state index contributed by atoms with van der Waals surface area (Å²) < 4.78 is 6.93. The van der Waals surface area contributed by atoms with Crippen molar-refractivity contribution < 1.29 is 9.53 Å². The SMILES string of the molecule is COc1cccc(-c2cccc(-c3cn(C(=O)N(C)C4CCCCC4)cn3)c2)c1. The van der Waals surface area contributed by atoms with Gasteiger partial charge in [0.25, 0.3) is 0 Å². The van der Waals surface area contributed by atoms with Gasteiger partial charge < -0.3 is 9.64 Å². The molecule has 1 aliphatic carbocycles. The summed E-state index contributed by atoms with van der Waals surface area (Å²) in [5.74, 6) is 0.827. The number of methoxy groups -OCH3 is 1. The van der Waals surface area contributed by atoms with Gasteiger partial charge in [0.05, 0.1) is 12.8 Å². The summed E-state index contributed by atoms with van der Waals surface area (Å²) in [6.45, 7) is 0. The molecule has 2 aromatic carbocycles. The molecule has 0 bridgehead atoms. The Morgan fingerprint density at radius 3 is 2.48 bits per heavy atom. The Bertz CT molecular complexity index is 989. The van der Waals surface area contributed by atoms with Crippen molar-refractivity contribution in [2.24, 2.45) is 0 Å². The zero-order valence-corrected chi connectivity index (χ0v) is 17.0. The van der Waals surface area contributed by atoms with E-state index in [9.17, 15) is 4.79 Å². The number of aromatic nitrogens is 2. The second-order valence-corrected chi connectivity index (χ2v) is 7.66. The molecule has 1 amide bonds. The highest BCUT2D eigenvalue weighted by molar-refractivity contribution is 5.79. The van der Waals surface area contributed by atoms with E-state index in [1.54, 1.807) is 18.0 Å². The van der Waals surface area contributed by atoms with Gasteiger partial charge in [-0.15, -0.1) is 0 Å². The molecular formula is C24H27N3O2. The lowest BCUT2D eigenvalue weighted by Gasteiger charge is -2.31. The van der Waals surface area contributed by atoms with E-state index in [0.717, 1.165) is 41.0 Å². The average molecular weight is 389 g/mol. The van der Waals surface area contributed by atoms with Gasteiger partial charge in [-0.05, 0) is 42.2 Å². The van der Waals surface area contributed by atoms with Crippen LogP contribution in [0.1, 0.15) is 32.1 Å². The normalized spacial score (nSPS) is 14.6. The van der Waals surface area contributed by atoms with Crippen LogP contribution < -0.4 is 4.74 Å². The van der Waals surface area contributed by atoms with E-state index in [1.807, 2.05) is 48.5 Å². The lowest BCUT2D eigenvalue weighted by atomic mass is 9.95. The molecule has 5 nitrogen and oxygen atoms in total. The minimum atomic E-state index is -0.0143. The molecule has 0 radical (unpaired) electrons. The van der Waals surface area contributed by atoms with E-state index >= 15 is 0 Å². The predicted molar refractivity (Wildman–Crippen MR) is 115 cm³/mol. The summed E-state index contributed by atoms with van der Waals surface area (Å²) >= 11 is 0. The number of hydrogen-bond donors (Lipinski definition) is 0. The molecule has 1 aliphatic rings. The zero-order chi connectivity index (χ0) is 20.2. The first kappa shape index (κ1) is 19.2. The summed E-state index contributed by atoms with van der Waals surface area (Å²) in [7, 11) is 3.57. The van der Waals surface area contributed by atoms with Crippen LogP contribution in [0.15, 0.2) is 61.1 Å². The highest BCUT2D eigenvalue weighted by Gasteiger charge is 2.23. The molecular weight excluding hydrogens is 362 g/mol. The molecule has 1 heterocycles. The Labute approximate surface area is 171 Å². The summed E-state index contributed by atoms with van der Waals surface area (Å²) in [5.41, 5.74) is 3.94. The molecule has 1 aromatic heterocycles. The van der Waals surface area contributed by atoms with E-state index < -0.39 is 0 Å². The van der Waals surface area contributed by atoms with Crippen LogP contribution >= 0.6 is 0 Å². The summed E-state index contributed by atoms with van der Waals surface area (Å²) in [6.07, 6.45) is 9.31. The second-order valence-electron chi connectivity index (χ2n) is 7.66. The number of amides is 1. The predicted octanol–water partition coefficient (Wildman–Crippen LogP) is 5.46. The number of carbonyl (C=O) groups is 1. The van der Waals surface area contributed by atoms with Crippen LogP contribution in [-0.2, 0) is 0 Å². The Balaban J connectivity index is 1.55. The lowest BCUT2D eigenvalue weighted by Crippen LogP contribution is -2.40. The van der Waals surface area contributed by atoms with Gasteiger partial charge in [-0.3, -0.25) is 4.57 Å². The number of ether oxygens (including phenoxy) is 1. The van der Waals surface area contributed by atoms with Gasteiger partial charge in [0, 0.05) is 24.8 Å². The molecule has 5 heteroatoms. The number of hydrogen-bond acceptors (Lipinski definition) is 3. The third-order valence-electron chi connectivity index (χ3n) is 5.79. The summed E-state index contributed by atoms with van der Waals surface area (Å²) in [5, 5.41) is 0. The number of imidazole rings is 1. The third-order valence-corrected chi connectivity index (χ3v) is 5.79. The van der Waals surface area contributed by atoms with Crippen LogP contribution in [0.3, 0.4) is 0 Å². The molecule has 0 saturated heterocycles. The average Bonchev–Trinajstić information content (AvgIpc) is 3.29. The fraction of sp³-hybridized carbons (Fsp3) is 0.333. The molecule has 0 unspecified atom stereocenters. The Kier molecular flexibility index (Phi) is 5.65. The smallest absolute Gasteiger partial charge is 0.329 e. The van der Waals surface area contributed by atoms with Crippen molar-refractivity contribution in [3.63, 3.8) is 0 Å². The molecule has 0 spiro atoms. The second kappa shape index (κ2) is 8.52. The van der Waals surface area contributed by atoms with Gasteiger partial charge in [-0.25, -0.2) is 9.78 Å². The van der Waals surface area contributed by atoms with Crippen molar-refractivity contribution in [3.8, 4) is 28.1 Å². The van der Waals surface area contributed by atoms with E-state index in [2.05, 4.69) is 23.2 Å². The minimum Gasteiger partial charge on any atom is -0.497 e. The van der Waals surface area contributed by atoms with Crippen LogP contribution in [0.4, 0.5) is 4.79 Å². The van der Waals surface area contributed by atoms with Crippen LogP contribution in [0.5, 0.6) is 5.75 Å². The fourth-order valence-electron chi connectivity index (χ4n) is 4.04. The molecule has 4 rings (SSSR count). The topological polar surface area (TPSA) is 47.4 Å².